The van der Waals surface area contributed by atoms with Crippen molar-refractivity contribution in [2.24, 2.45) is 0 Å². The zero-order valence-corrected chi connectivity index (χ0v) is 16.9. The number of para-hydroxylation sites is 1. The number of thioether (sulfide) groups is 1. The molecule has 2 heterocycles. The molecular formula is C21H25N5OS. The van der Waals surface area contributed by atoms with E-state index < -0.39 is 0 Å². The molecule has 0 saturated heterocycles. The van der Waals surface area contributed by atoms with Gasteiger partial charge in [0.15, 0.2) is 5.16 Å². The van der Waals surface area contributed by atoms with Crippen LogP contribution in [-0.4, -0.2) is 38.5 Å². The Balaban J connectivity index is 1.37. The summed E-state index contributed by atoms with van der Waals surface area (Å²) >= 11 is 1.66. The monoisotopic (exact) mass is 395 g/mol. The van der Waals surface area contributed by atoms with Gasteiger partial charge in [-0.25, -0.2) is 0 Å². The van der Waals surface area contributed by atoms with Gasteiger partial charge >= 0.3 is 0 Å². The molecule has 1 fully saturated rings. The summed E-state index contributed by atoms with van der Waals surface area (Å²) < 4.78 is 2.33. The Morgan fingerprint density at radius 2 is 2.04 bits per heavy atom. The first-order chi connectivity index (χ1) is 13.8. The second-order valence-electron chi connectivity index (χ2n) is 7.15. The third-order valence-corrected chi connectivity index (χ3v) is 5.99. The van der Waals surface area contributed by atoms with Crippen molar-refractivity contribution in [1.82, 2.24) is 25.1 Å². The number of aromatic nitrogens is 4. The van der Waals surface area contributed by atoms with Gasteiger partial charge in [0.1, 0.15) is 5.82 Å². The first-order valence-corrected chi connectivity index (χ1v) is 11.1. The lowest BCUT2D eigenvalue weighted by molar-refractivity contribution is 0.0954. The Morgan fingerprint density at radius 1 is 1.21 bits per heavy atom. The predicted molar refractivity (Wildman–Crippen MR) is 112 cm³/mol. The predicted octanol–water partition coefficient (Wildman–Crippen LogP) is 4.03. The van der Waals surface area contributed by atoms with Crippen molar-refractivity contribution in [2.75, 3.05) is 12.8 Å². The summed E-state index contributed by atoms with van der Waals surface area (Å²) in [6, 6.07) is 10.1. The van der Waals surface area contributed by atoms with E-state index in [1.807, 2.05) is 30.3 Å². The van der Waals surface area contributed by atoms with Gasteiger partial charge in [-0.1, -0.05) is 42.8 Å². The number of rotatable bonds is 7. The summed E-state index contributed by atoms with van der Waals surface area (Å²) in [4.78, 5) is 17.0. The molecule has 0 unspecified atom stereocenters. The minimum atomic E-state index is -0.0774. The molecule has 28 heavy (non-hydrogen) atoms. The average molecular weight is 396 g/mol. The number of nitrogens with zero attached hydrogens (tertiary/aromatic N) is 4. The van der Waals surface area contributed by atoms with E-state index in [0.717, 1.165) is 34.7 Å². The Bertz CT molecular complexity index is 959. The van der Waals surface area contributed by atoms with Crippen LogP contribution in [0.4, 0.5) is 0 Å². The van der Waals surface area contributed by atoms with E-state index >= 15 is 0 Å². The van der Waals surface area contributed by atoms with Crippen molar-refractivity contribution in [3.63, 3.8) is 0 Å². The van der Waals surface area contributed by atoms with Crippen LogP contribution in [0.15, 0.2) is 41.7 Å². The highest BCUT2D eigenvalue weighted by molar-refractivity contribution is 7.98. The molecule has 1 aliphatic rings. The Morgan fingerprint density at radius 3 is 2.86 bits per heavy atom. The molecule has 4 rings (SSSR count). The quantitative estimate of drug-likeness (QED) is 0.483. The minimum absolute atomic E-state index is 0.0774. The number of hydrogen-bond donors (Lipinski definition) is 1. The van der Waals surface area contributed by atoms with Gasteiger partial charge in [-0.15, -0.1) is 10.2 Å². The molecule has 1 aliphatic carbocycles. The molecule has 0 radical (unpaired) electrons. The highest BCUT2D eigenvalue weighted by Crippen LogP contribution is 2.33. The number of carbonyl (C=O) groups is 1. The number of nitrogens with one attached hydrogen (secondary N) is 1. The molecule has 3 aromatic rings. The zero-order chi connectivity index (χ0) is 19.3. The number of benzene rings is 1. The minimum Gasteiger partial charge on any atom is -0.352 e. The van der Waals surface area contributed by atoms with E-state index in [0.29, 0.717) is 18.2 Å². The van der Waals surface area contributed by atoms with E-state index in [9.17, 15) is 4.79 Å². The van der Waals surface area contributed by atoms with E-state index in [2.05, 4.69) is 31.3 Å². The summed E-state index contributed by atoms with van der Waals surface area (Å²) in [7, 11) is 0. The molecule has 6 nitrogen and oxygen atoms in total. The number of hydrogen-bond acceptors (Lipinski definition) is 5. The van der Waals surface area contributed by atoms with Crippen molar-refractivity contribution < 1.29 is 4.79 Å². The Labute approximate surface area is 169 Å². The second kappa shape index (κ2) is 8.73. The van der Waals surface area contributed by atoms with E-state index in [-0.39, 0.29) is 5.91 Å². The number of pyridine rings is 1. The van der Waals surface area contributed by atoms with Gasteiger partial charge in [0.2, 0.25) is 0 Å². The van der Waals surface area contributed by atoms with Gasteiger partial charge in [0.25, 0.3) is 5.91 Å². The Hall–Kier alpha value is -2.41. The zero-order valence-electron chi connectivity index (χ0n) is 16.1. The van der Waals surface area contributed by atoms with Crippen LogP contribution in [0, 0.1) is 0 Å². The lowest BCUT2D eigenvalue weighted by atomic mass is 10.1. The largest absolute Gasteiger partial charge is 0.352 e. The fourth-order valence-electron chi connectivity index (χ4n) is 3.98. The molecule has 1 N–H and O–H groups in total. The smallest absolute Gasteiger partial charge is 0.253 e. The third kappa shape index (κ3) is 3.90. The number of aryl methyl sites for hydroxylation is 1. The molecule has 1 saturated carbocycles. The first-order valence-electron chi connectivity index (χ1n) is 9.87. The maximum absolute atomic E-state index is 12.6. The topological polar surface area (TPSA) is 72.7 Å². The molecule has 0 spiro atoms. The third-order valence-electron chi connectivity index (χ3n) is 5.35. The second-order valence-corrected chi connectivity index (χ2v) is 7.92. The molecule has 1 amide bonds. The van der Waals surface area contributed by atoms with Gasteiger partial charge in [0.05, 0.1) is 11.1 Å². The number of amides is 1. The van der Waals surface area contributed by atoms with Crippen LogP contribution >= 0.6 is 11.8 Å². The first kappa shape index (κ1) is 18.9. The maximum atomic E-state index is 12.6. The van der Waals surface area contributed by atoms with Crippen LogP contribution in [0.3, 0.4) is 0 Å². The van der Waals surface area contributed by atoms with Crippen LogP contribution in [0.1, 0.15) is 54.3 Å². The van der Waals surface area contributed by atoms with Crippen LogP contribution in [0.2, 0.25) is 0 Å². The van der Waals surface area contributed by atoms with Crippen LogP contribution in [0.25, 0.3) is 10.9 Å². The fourth-order valence-corrected chi connectivity index (χ4v) is 4.55. The maximum Gasteiger partial charge on any atom is 0.253 e. The van der Waals surface area contributed by atoms with Gasteiger partial charge < -0.3 is 9.88 Å². The molecule has 0 bridgehead atoms. The molecular weight excluding hydrogens is 370 g/mol. The number of carbonyl (C=O) groups excluding carboxylic acids is 1. The van der Waals surface area contributed by atoms with Crippen molar-refractivity contribution in [1.29, 1.82) is 0 Å². The summed E-state index contributed by atoms with van der Waals surface area (Å²) in [6.45, 7) is 0.605. The molecule has 0 aliphatic heterocycles. The lowest BCUT2D eigenvalue weighted by Crippen LogP contribution is -2.25. The van der Waals surface area contributed by atoms with Crippen LogP contribution in [-0.2, 0) is 6.42 Å². The van der Waals surface area contributed by atoms with E-state index in [1.54, 1.807) is 18.0 Å². The summed E-state index contributed by atoms with van der Waals surface area (Å²) in [5, 5.41) is 13.8. The van der Waals surface area contributed by atoms with Crippen molar-refractivity contribution in [3.8, 4) is 0 Å². The van der Waals surface area contributed by atoms with E-state index in [1.165, 1.54) is 25.7 Å². The summed E-state index contributed by atoms with van der Waals surface area (Å²) in [5.74, 6) is 0.962. The SMILES string of the molecule is CSc1nnc(CCCNC(=O)c2cccc3cccnc23)n1C1CCCC1. The molecule has 146 valence electrons. The standard InChI is InChI=1S/C21H25N5OS/c1-28-21-25-24-18(26(21)16-9-2-3-10-16)12-6-14-23-20(27)17-11-4-7-15-8-5-13-22-19(15)17/h4-5,7-8,11,13,16H,2-3,6,9-10,12,14H2,1H3,(H,23,27). The Kier molecular flexibility index (Phi) is 5.90. The van der Waals surface area contributed by atoms with Gasteiger partial charge in [-0.3, -0.25) is 9.78 Å². The fraction of sp³-hybridized carbons (Fsp3) is 0.429. The van der Waals surface area contributed by atoms with Gasteiger partial charge in [-0.2, -0.15) is 0 Å². The lowest BCUT2D eigenvalue weighted by Gasteiger charge is -2.16. The van der Waals surface area contributed by atoms with Gasteiger partial charge in [0, 0.05) is 30.6 Å². The van der Waals surface area contributed by atoms with Crippen molar-refractivity contribution in [2.45, 2.75) is 49.7 Å². The molecule has 2 aromatic heterocycles. The summed E-state index contributed by atoms with van der Waals surface area (Å²) in [6.07, 6.45) is 10.4. The molecule has 1 aromatic carbocycles. The number of fused-ring (bicyclic) bond motifs is 1. The average Bonchev–Trinajstić information content (AvgIpc) is 3.39. The summed E-state index contributed by atoms with van der Waals surface area (Å²) in [5.41, 5.74) is 1.37. The van der Waals surface area contributed by atoms with Gasteiger partial charge in [-0.05, 0) is 37.7 Å². The highest BCUT2D eigenvalue weighted by Gasteiger charge is 2.23. The highest BCUT2D eigenvalue weighted by atomic mass is 32.2. The molecule has 7 heteroatoms. The molecule has 0 atom stereocenters. The van der Waals surface area contributed by atoms with Crippen LogP contribution in [0.5, 0.6) is 0 Å². The van der Waals surface area contributed by atoms with E-state index in [4.69, 9.17) is 0 Å². The van der Waals surface area contributed by atoms with Crippen molar-refractivity contribution >= 4 is 28.6 Å². The van der Waals surface area contributed by atoms with Crippen LogP contribution < -0.4 is 5.32 Å². The van der Waals surface area contributed by atoms with Crippen molar-refractivity contribution in [3.05, 3.63) is 47.9 Å². The normalized spacial score (nSPS) is 14.6.